The van der Waals surface area contributed by atoms with Gasteiger partial charge in [0.25, 0.3) is 0 Å². The molecule has 3 N–H and O–H groups in total. The summed E-state index contributed by atoms with van der Waals surface area (Å²) in [7, 11) is 1.45. The molecular formula is C15H22N2O4. The van der Waals surface area contributed by atoms with Gasteiger partial charge in [0.1, 0.15) is 5.75 Å². The number of unbranched alkanes of at least 4 members (excludes halogenated alkanes) is 1. The standard InChI is InChI=1S/C15H22N2O4/c1-4-5-6-10(2)16-15(20)17-13-8-7-11(21-3)9-12(13)14(18)19/h7-10H,4-6H2,1-3H3,(H,18,19)(H2,16,17,20). The van der Waals surface area contributed by atoms with Gasteiger partial charge in [-0.25, -0.2) is 9.59 Å². The van der Waals surface area contributed by atoms with Crippen LogP contribution in [0, 0.1) is 0 Å². The van der Waals surface area contributed by atoms with Crippen molar-refractivity contribution in [3.8, 4) is 5.75 Å². The highest BCUT2D eigenvalue weighted by Gasteiger charge is 2.14. The number of carbonyl (C=O) groups excluding carboxylic acids is 1. The van der Waals surface area contributed by atoms with Crippen molar-refractivity contribution in [1.29, 1.82) is 0 Å². The minimum atomic E-state index is -1.12. The van der Waals surface area contributed by atoms with Gasteiger partial charge < -0.3 is 20.5 Å². The first kappa shape index (κ1) is 16.8. The summed E-state index contributed by atoms with van der Waals surface area (Å²) >= 11 is 0. The largest absolute Gasteiger partial charge is 0.497 e. The Bertz CT molecular complexity index is 502. The molecule has 116 valence electrons. The van der Waals surface area contributed by atoms with Crippen molar-refractivity contribution in [3.63, 3.8) is 0 Å². The van der Waals surface area contributed by atoms with E-state index in [1.165, 1.54) is 19.2 Å². The van der Waals surface area contributed by atoms with Gasteiger partial charge in [-0.15, -0.1) is 0 Å². The zero-order valence-corrected chi connectivity index (χ0v) is 12.6. The molecule has 2 amide bonds. The van der Waals surface area contributed by atoms with Gasteiger partial charge >= 0.3 is 12.0 Å². The summed E-state index contributed by atoms with van der Waals surface area (Å²) in [6.07, 6.45) is 2.98. The molecule has 1 atom stereocenters. The SMILES string of the molecule is CCCCC(C)NC(=O)Nc1ccc(OC)cc1C(=O)O. The number of ether oxygens (including phenoxy) is 1. The summed E-state index contributed by atoms with van der Waals surface area (Å²) in [6, 6.07) is 4.11. The third-order valence-corrected chi connectivity index (χ3v) is 3.07. The van der Waals surface area contributed by atoms with Gasteiger partial charge in [0, 0.05) is 6.04 Å². The first-order valence-corrected chi connectivity index (χ1v) is 6.96. The topological polar surface area (TPSA) is 87.7 Å². The van der Waals surface area contributed by atoms with Crippen LogP contribution in [0.25, 0.3) is 0 Å². The van der Waals surface area contributed by atoms with E-state index in [1.54, 1.807) is 6.07 Å². The van der Waals surface area contributed by atoms with Gasteiger partial charge in [0.2, 0.25) is 0 Å². The Morgan fingerprint density at radius 3 is 2.67 bits per heavy atom. The number of aromatic carboxylic acids is 1. The van der Waals surface area contributed by atoms with Crippen LogP contribution in [0.3, 0.4) is 0 Å². The average Bonchev–Trinajstić information content (AvgIpc) is 2.45. The van der Waals surface area contributed by atoms with E-state index in [4.69, 9.17) is 9.84 Å². The number of anilines is 1. The molecule has 6 nitrogen and oxygen atoms in total. The van der Waals surface area contributed by atoms with E-state index in [0.717, 1.165) is 19.3 Å². The predicted octanol–water partition coefficient (Wildman–Crippen LogP) is 3.09. The van der Waals surface area contributed by atoms with Crippen LogP contribution in [0.5, 0.6) is 5.75 Å². The van der Waals surface area contributed by atoms with Crippen LogP contribution >= 0.6 is 0 Å². The smallest absolute Gasteiger partial charge is 0.337 e. The van der Waals surface area contributed by atoms with Gasteiger partial charge in [-0.2, -0.15) is 0 Å². The van der Waals surface area contributed by atoms with Gasteiger partial charge in [-0.3, -0.25) is 0 Å². The molecule has 0 saturated heterocycles. The van der Waals surface area contributed by atoms with Crippen molar-refractivity contribution in [3.05, 3.63) is 23.8 Å². The maximum atomic E-state index is 11.9. The van der Waals surface area contributed by atoms with Gasteiger partial charge in [-0.05, 0) is 31.5 Å². The lowest BCUT2D eigenvalue weighted by Crippen LogP contribution is -2.36. The Labute approximate surface area is 124 Å². The van der Waals surface area contributed by atoms with E-state index in [-0.39, 0.29) is 17.3 Å². The van der Waals surface area contributed by atoms with Crippen LogP contribution in [-0.2, 0) is 0 Å². The van der Waals surface area contributed by atoms with Crippen LogP contribution in [-0.4, -0.2) is 30.3 Å². The van der Waals surface area contributed by atoms with E-state index >= 15 is 0 Å². The lowest BCUT2D eigenvalue weighted by Gasteiger charge is -2.15. The van der Waals surface area contributed by atoms with E-state index in [0.29, 0.717) is 5.75 Å². The highest BCUT2D eigenvalue weighted by Crippen LogP contribution is 2.22. The fraction of sp³-hybridized carbons (Fsp3) is 0.467. The highest BCUT2D eigenvalue weighted by atomic mass is 16.5. The molecule has 0 heterocycles. The molecule has 0 bridgehead atoms. The van der Waals surface area contributed by atoms with Crippen LogP contribution in [0.15, 0.2) is 18.2 Å². The highest BCUT2D eigenvalue weighted by molar-refractivity contribution is 6.00. The molecule has 0 radical (unpaired) electrons. The number of rotatable bonds is 7. The van der Waals surface area contributed by atoms with Crippen molar-refractivity contribution in [2.75, 3.05) is 12.4 Å². The Morgan fingerprint density at radius 1 is 1.38 bits per heavy atom. The second-order valence-corrected chi connectivity index (χ2v) is 4.86. The maximum Gasteiger partial charge on any atom is 0.337 e. The molecule has 0 aliphatic heterocycles. The molecule has 0 fully saturated rings. The second kappa shape index (κ2) is 8.14. The summed E-state index contributed by atoms with van der Waals surface area (Å²) in [4.78, 5) is 23.1. The zero-order valence-electron chi connectivity index (χ0n) is 12.6. The summed E-state index contributed by atoms with van der Waals surface area (Å²) in [6.45, 7) is 4.00. The number of hydrogen-bond acceptors (Lipinski definition) is 3. The minimum Gasteiger partial charge on any atom is -0.497 e. The number of methoxy groups -OCH3 is 1. The Kier molecular flexibility index (Phi) is 6.52. The van der Waals surface area contributed by atoms with Crippen molar-refractivity contribution in [1.82, 2.24) is 5.32 Å². The maximum absolute atomic E-state index is 11.9. The number of amides is 2. The molecule has 1 aromatic rings. The van der Waals surface area contributed by atoms with Gasteiger partial charge in [0.15, 0.2) is 0 Å². The predicted molar refractivity (Wildman–Crippen MR) is 81.1 cm³/mol. The normalized spacial score (nSPS) is 11.6. The minimum absolute atomic E-state index is 0.00860. The first-order valence-electron chi connectivity index (χ1n) is 6.96. The lowest BCUT2D eigenvalue weighted by atomic mass is 10.1. The summed E-state index contributed by atoms with van der Waals surface area (Å²) < 4.78 is 4.98. The third kappa shape index (κ3) is 5.33. The first-order chi connectivity index (χ1) is 9.97. The van der Waals surface area contributed by atoms with Crippen LogP contribution in [0.1, 0.15) is 43.5 Å². The van der Waals surface area contributed by atoms with Crippen molar-refractivity contribution in [2.45, 2.75) is 39.2 Å². The molecule has 0 saturated carbocycles. The number of carbonyl (C=O) groups is 2. The Hall–Kier alpha value is -2.24. The van der Waals surface area contributed by atoms with Gasteiger partial charge in [-0.1, -0.05) is 19.8 Å². The van der Waals surface area contributed by atoms with E-state index in [1.807, 2.05) is 6.92 Å². The van der Waals surface area contributed by atoms with Crippen LogP contribution in [0.4, 0.5) is 10.5 Å². The molecule has 0 aromatic heterocycles. The number of carboxylic acid groups (broad SMARTS) is 1. The molecular weight excluding hydrogens is 272 g/mol. The fourth-order valence-electron chi connectivity index (χ4n) is 1.90. The number of nitrogens with one attached hydrogen (secondary N) is 2. The third-order valence-electron chi connectivity index (χ3n) is 3.07. The summed E-state index contributed by atoms with van der Waals surface area (Å²) in [5.74, 6) is -0.696. The van der Waals surface area contributed by atoms with E-state index in [2.05, 4.69) is 17.6 Å². The molecule has 1 rings (SSSR count). The van der Waals surface area contributed by atoms with Gasteiger partial charge in [0.05, 0.1) is 18.4 Å². The number of benzene rings is 1. The Morgan fingerprint density at radius 2 is 2.10 bits per heavy atom. The van der Waals surface area contributed by atoms with Crippen molar-refractivity contribution in [2.24, 2.45) is 0 Å². The quantitative estimate of drug-likeness (QED) is 0.721. The zero-order chi connectivity index (χ0) is 15.8. The monoisotopic (exact) mass is 294 g/mol. The second-order valence-electron chi connectivity index (χ2n) is 4.86. The summed E-state index contributed by atoms with van der Waals surface area (Å²) in [5, 5.41) is 14.5. The number of hydrogen-bond donors (Lipinski definition) is 3. The number of carboxylic acids is 1. The number of urea groups is 1. The van der Waals surface area contributed by atoms with E-state index in [9.17, 15) is 9.59 Å². The molecule has 1 unspecified atom stereocenters. The molecule has 0 aliphatic carbocycles. The van der Waals surface area contributed by atoms with Crippen LogP contribution in [0.2, 0.25) is 0 Å². The molecule has 0 spiro atoms. The Balaban J connectivity index is 2.73. The molecule has 21 heavy (non-hydrogen) atoms. The van der Waals surface area contributed by atoms with Crippen LogP contribution < -0.4 is 15.4 Å². The van der Waals surface area contributed by atoms with Crippen molar-refractivity contribution >= 4 is 17.7 Å². The van der Waals surface area contributed by atoms with Crippen molar-refractivity contribution < 1.29 is 19.4 Å². The molecule has 1 aromatic carbocycles. The molecule has 6 heteroatoms. The van der Waals surface area contributed by atoms with E-state index < -0.39 is 12.0 Å². The molecule has 0 aliphatic rings. The average molecular weight is 294 g/mol. The lowest BCUT2D eigenvalue weighted by molar-refractivity contribution is 0.0697. The fourth-order valence-corrected chi connectivity index (χ4v) is 1.90. The summed E-state index contributed by atoms with van der Waals surface area (Å²) in [5.41, 5.74) is 0.231.